The summed E-state index contributed by atoms with van der Waals surface area (Å²) in [5.74, 6) is 3.95. The van der Waals surface area contributed by atoms with E-state index in [4.69, 9.17) is 5.73 Å². The van der Waals surface area contributed by atoms with Gasteiger partial charge in [0.25, 0.3) is 0 Å². The topological polar surface area (TPSA) is 68.0 Å². The zero-order valence-electron chi connectivity index (χ0n) is 12.0. The van der Waals surface area contributed by atoms with Gasteiger partial charge < -0.3 is 11.1 Å². The van der Waals surface area contributed by atoms with Crippen LogP contribution in [0.2, 0.25) is 0 Å². The molecule has 4 aliphatic carbocycles. The molecule has 21 heavy (non-hydrogen) atoms. The standard InChI is InChI=1S/C16H21N3O.ClH/c17-14-2-1-13(8-18-14)19-16(20)15-11-4-9-3-10(6-11)7-12(15)5-9;/h1-2,8-12,15H,3-7H2,(H2,17,18)(H,19,20);1H. The minimum Gasteiger partial charge on any atom is -0.384 e. The molecule has 0 atom stereocenters. The third-order valence-electron chi connectivity index (χ3n) is 5.58. The molecule has 0 unspecified atom stereocenters. The molecule has 4 bridgehead atoms. The quantitative estimate of drug-likeness (QED) is 0.882. The first-order valence-electron chi connectivity index (χ1n) is 7.71. The molecular formula is C16H22ClN3O. The summed E-state index contributed by atoms with van der Waals surface area (Å²) in [4.78, 5) is 16.6. The maximum atomic E-state index is 12.6. The van der Waals surface area contributed by atoms with Crippen LogP contribution in [0.5, 0.6) is 0 Å². The largest absolute Gasteiger partial charge is 0.384 e. The number of carbonyl (C=O) groups is 1. The lowest BCUT2D eigenvalue weighted by Gasteiger charge is -2.53. The predicted octanol–water partition coefficient (Wildman–Crippen LogP) is 3.10. The Morgan fingerprint density at radius 1 is 1.10 bits per heavy atom. The minimum atomic E-state index is 0. The van der Waals surface area contributed by atoms with Crippen molar-refractivity contribution >= 4 is 29.8 Å². The number of rotatable bonds is 2. The molecule has 1 heterocycles. The summed E-state index contributed by atoms with van der Waals surface area (Å²) in [6.07, 6.45) is 8.14. The summed E-state index contributed by atoms with van der Waals surface area (Å²) in [5.41, 5.74) is 6.33. The number of amides is 1. The molecule has 5 heteroatoms. The van der Waals surface area contributed by atoms with Crippen LogP contribution >= 0.6 is 12.4 Å². The molecule has 0 aliphatic heterocycles. The summed E-state index contributed by atoms with van der Waals surface area (Å²) in [5, 5.41) is 3.04. The van der Waals surface area contributed by atoms with Gasteiger partial charge in [0, 0.05) is 5.92 Å². The number of aromatic nitrogens is 1. The maximum absolute atomic E-state index is 12.6. The van der Waals surface area contributed by atoms with Crippen LogP contribution in [-0.4, -0.2) is 10.9 Å². The average Bonchev–Trinajstić information content (AvgIpc) is 2.40. The zero-order chi connectivity index (χ0) is 13.7. The molecule has 1 aromatic heterocycles. The zero-order valence-corrected chi connectivity index (χ0v) is 12.8. The lowest BCUT2D eigenvalue weighted by atomic mass is 9.51. The molecule has 0 aromatic carbocycles. The number of nitrogens with two attached hydrogens (primary N) is 1. The predicted molar refractivity (Wildman–Crippen MR) is 85.1 cm³/mol. The number of anilines is 2. The average molecular weight is 308 g/mol. The second-order valence-corrected chi connectivity index (χ2v) is 6.92. The third kappa shape index (κ3) is 2.61. The van der Waals surface area contributed by atoms with Gasteiger partial charge in [-0.25, -0.2) is 4.98 Å². The van der Waals surface area contributed by atoms with Gasteiger partial charge >= 0.3 is 0 Å². The summed E-state index contributed by atoms with van der Waals surface area (Å²) in [6.45, 7) is 0. The summed E-state index contributed by atoms with van der Waals surface area (Å²) < 4.78 is 0. The molecule has 1 amide bonds. The molecule has 5 rings (SSSR count). The number of hydrogen-bond acceptors (Lipinski definition) is 3. The molecule has 0 saturated heterocycles. The Morgan fingerprint density at radius 3 is 2.24 bits per heavy atom. The Kier molecular flexibility index (Phi) is 3.82. The van der Waals surface area contributed by atoms with Gasteiger partial charge in [0.15, 0.2) is 0 Å². The number of nitrogens with zero attached hydrogens (tertiary/aromatic N) is 1. The first-order valence-corrected chi connectivity index (χ1v) is 7.71. The summed E-state index contributed by atoms with van der Waals surface area (Å²) >= 11 is 0. The van der Waals surface area contributed by atoms with Gasteiger partial charge in [-0.3, -0.25) is 4.79 Å². The molecule has 4 fully saturated rings. The van der Waals surface area contributed by atoms with Crippen LogP contribution in [0.4, 0.5) is 11.5 Å². The fourth-order valence-electron chi connectivity index (χ4n) is 5.06. The second kappa shape index (κ2) is 5.48. The number of nitrogen functional groups attached to an aromatic ring is 1. The number of pyridine rings is 1. The van der Waals surface area contributed by atoms with Gasteiger partial charge in [-0.1, -0.05) is 0 Å². The monoisotopic (exact) mass is 307 g/mol. The van der Waals surface area contributed by atoms with Crippen molar-refractivity contribution in [3.8, 4) is 0 Å². The number of carbonyl (C=O) groups excluding carboxylic acids is 1. The first kappa shape index (κ1) is 14.6. The fraction of sp³-hybridized carbons (Fsp3) is 0.625. The highest BCUT2D eigenvalue weighted by Gasteiger charge is 2.50. The highest BCUT2D eigenvalue weighted by molar-refractivity contribution is 5.93. The Balaban J connectivity index is 0.00000132. The number of nitrogens with one attached hydrogen (secondary N) is 1. The number of hydrogen-bond donors (Lipinski definition) is 2. The second-order valence-electron chi connectivity index (χ2n) is 6.92. The van der Waals surface area contributed by atoms with Gasteiger partial charge in [0.1, 0.15) is 5.82 Å². The van der Waals surface area contributed by atoms with Crippen molar-refractivity contribution in [3.05, 3.63) is 18.3 Å². The molecule has 4 saturated carbocycles. The molecule has 0 spiro atoms. The van der Waals surface area contributed by atoms with Gasteiger partial charge in [-0.2, -0.15) is 0 Å². The van der Waals surface area contributed by atoms with Crippen molar-refractivity contribution in [1.29, 1.82) is 0 Å². The van der Waals surface area contributed by atoms with E-state index in [1.807, 2.05) is 6.07 Å². The van der Waals surface area contributed by atoms with E-state index in [0.29, 0.717) is 17.7 Å². The van der Waals surface area contributed by atoms with Crippen LogP contribution in [0.3, 0.4) is 0 Å². The number of halogens is 1. The van der Waals surface area contributed by atoms with Crippen molar-refractivity contribution in [1.82, 2.24) is 4.98 Å². The molecular weight excluding hydrogens is 286 g/mol. The molecule has 3 N–H and O–H groups in total. The van der Waals surface area contributed by atoms with Crippen molar-refractivity contribution in [2.75, 3.05) is 11.1 Å². The smallest absolute Gasteiger partial charge is 0.228 e. The van der Waals surface area contributed by atoms with E-state index in [9.17, 15) is 4.79 Å². The first-order chi connectivity index (χ1) is 9.69. The highest BCUT2D eigenvalue weighted by atomic mass is 35.5. The Labute approximate surface area is 131 Å². The molecule has 1 aromatic rings. The van der Waals surface area contributed by atoms with Gasteiger partial charge in [-0.05, 0) is 67.9 Å². The van der Waals surface area contributed by atoms with Crippen LogP contribution in [-0.2, 0) is 4.79 Å². The highest BCUT2D eigenvalue weighted by Crippen LogP contribution is 2.56. The molecule has 4 aliphatic rings. The lowest BCUT2D eigenvalue weighted by molar-refractivity contribution is -0.132. The Morgan fingerprint density at radius 2 is 1.71 bits per heavy atom. The summed E-state index contributed by atoms with van der Waals surface area (Å²) in [6, 6.07) is 3.56. The normalized spacial score (nSPS) is 36.1. The van der Waals surface area contributed by atoms with E-state index in [-0.39, 0.29) is 24.2 Å². The van der Waals surface area contributed by atoms with Crippen LogP contribution in [0, 0.1) is 29.6 Å². The van der Waals surface area contributed by atoms with E-state index >= 15 is 0 Å². The fourth-order valence-corrected chi connectivity index (χ4v) is 5.06. The molecule has 114 valence electrons. The van der Waals surface area contributed by atoms with Gasteiger partial charge in [0.2, 0.25) is 5.91 Å². The van der Waals surface area contributed by atoms with Crippen molar-refractivity contribution in [2.24, 2.45) is 29.6 Å². The minimum absolute atomic E-state index is 0. The third-order valence-corrected chi connectivity index (χ3v) is 5.58. The van der Waals surface area contributed by atoms with Crippen molar-refractivity contribution < 1.29 is 4.79 Å². The van der Waals surface area contributed by atoms with Crippen LogP contribution < -0.4 is 11.1 Å². The Hall–Kier alpha value is -1.29. The van der Waals surface area contributed by atoms with E-state index in [2.05, 4.69) is 10.3 Å². The maximum Gasteiger partial charge on any atom is 0.228 e. The molecule has 4 nitrogen and oxygen atoms in total. The van der Waals surface area contributed by atoms with Gasteiger partial charge in [-0.15, -0.1) is 12.4 Å². The van der Waals surface area contributed by atoms with E-state index in [1.165, 1.54) is 32.1 Å². The van der Waals surface area contributed by atoms with Crippen LogP contribution in [0.1, 0.15) is 32.1 Å². The van der Waals surface area contributed by atoms with E-state index in [0.717, 1.165) is 17.5 Å². The van der Waals surface area contributed by atoms with Crippen molar-refractivity contribution in [3.63, 3.8) is 0 Å². The Bertz CT molecular complexity index is 503. The lowest BCUT2D eigenvalue weighted by Crippen LogP contribution is -2.49. The van der Waals surface area contributed by atoms with Gasteiger partial charge in [0.05, 0.1) is 11.9 Å². The van der Waals surface area contributed by atoms with Crippen LogP contribution in [0.25, 0.3) is 0 Å². The summed E-state index contributed by atoms with van der Waals surface area (Å²) in [7, 11) is 0. The van der Waals surface area contributed by atoms with E-state index in [1.54, 1.807) is 12.3 Å². The SMILES string of the molecule is Cl.Nc1ccc(NC(=O)C2C3CC4CC(C3)CC2C4)cn1. The molecule has 0 radical (unpaired) electrons. The van der Waals surface area contributed by atoms with Crippen molar-refractivity contribution in [2.45, 2.75) is 32.1 Å². The van der Waals surface area contributed by atoms with E-state index < -0.39 is 0 Å². The van der Waals surface area contributed by atoms with Crippen LogP contribution in [0.15, 0.2) is 18.3 Å².